The molecule has 154 valence electrons. The molecule has 0 radical (unpaired) electrons. The number of rotatable bonds is 6. The molecule has 0 heterocycles. The number of carbonyl (C=O) groups excluding carboxylic acids is 1. The molecular formula is C18H14Cl4F4O2. The Bertz CT molecular complexity index is 835. The van der Waals surface area contributed by atoms with Gasteiger partial charge >= 0.3 is 5.97 Å². The van der Waals surface area contributed by atoms with Crippen LogP contribution in [-0.4, -0.2) is 5.97 Å². The summed E-state index contributed by atoms with van der Waals surface area (Å²) in [5.74, 6) is -8.40. The number of esters is 1. The van der Waals surface area contributed by atoms with Crippen molar-refractivity contribution < 1.29 is 27.1 Å². The van der Waals surface area contributed by atoms with Gasteiger partial charge in [-0.05, 0) is 17.4 Å². The number of hydrogen-bond acceptors (Lipinski definition) is 2. The highest BCUT2D eigenvalue weighted by atomic mass is 35.5. The smallest absolute Gasteiger partial charge is 0.310 e. The molecule has 28 heavy (non-hydrogen) atoms. The third-order valence-corrected chi connectivity index (χ3v) is 5.61. The number of ether oxygens (including phenoxy) is 1. The zero-order chi connectivity index (χ0) is 21.4. The quantitative estimate of drug-likeness (QED) is 0.256. The maximum absolute atomic E-state index is 14.2. The zero-order valence-electron chi connectivity index (χ0n) is 14.6. The number of allylic oxidation sites excluding steroid dienone is 2. The second kappa shape index (κ2) is 8.82. The minimum Gasteiger partial charge on any atom is -0.460 e. The van der Waals surface area contributed by atoms with Crippen LogP contribution in [0.5, 0.6) is 0 Å². The summed E-state index contributed by atoms with van der Waals surface area (Å²) in [6, 6.07) is 0. The molecule has 1 aliphatic rings. The van der Waals surface area contributed by atoms with Crippen molar-refractivity contribution in [1.82, 2.24) is 0 Å². The molecule has 0 spiro atoms. The standard InChI is InChI=1S/C18H14Cl4F4O2/c1-18(2)10(4-11(21)22)12(18)17(27)28-6-9-15(25)13(23)8(3-7(20)5-19)14(24)16(9)26/h4-5,10,12H,3,6H2,1-2H3/t10-,12-/m0/s1. The highest BCUT2D eigenvalue weighted by Gasteiger charge is 2.61. The van der Waals surface area contributed by atoms with Crippen molar-refractivity contribution in [3.05, 3.63) is 55.5 Å². The Balaban J connectivity index is 2.22. The van der Waals surface area contributed by atoms with Gasteiger partial charge in [-0.3, -0.25) is 4.79 Å². The SMILES string of the molecule is CC1(C)[C@H](C(=O)OCc2c(F)c(F)c(CC(Cl)=CCl)c(F)c2F)[C@@H]1C=C(Cl)Cl. The average Bonchev–Trinajstić information content (AvgIpc) is 3.15. The third kappa shape index (κ3) is 4.61. The van der Waals surface area contributed by atoms with Gasteiger partial charge < -0.3 is 4.74 Å². The molecule has 1 aromatic carbocycles. The van der Waals surface area contributed by atoms with Crippen LogP contribution < -0.4 is 0 Å². The predicted octanol–water partition coefficient (Wildman–Crippen LogP) is 6.74. The number of benzene rings is 1. The van der Waals surface area contributed by atoms with Crippen LogP contribution >= 0.6 is 46.4 Å². The normalized spacial score (nSPS) is 20.7. The summed E-state index contributed by atoms with van der Waals surface area (Å²) in [4.78, 5) is 12.2. The molecule has 1 aromatic rings. The highest BCUT2D eigenvalue weighted by Crippen LogP contribution is 2.60. The Hall–Kier alpha value is -0.950. The predicted molar refractivity (Wildman–Crippen MR) is 100 cm³/mol. The Morgan fingerprint density at radius 2 is 1.54 bits per heavy atom. The fourth-order valence-corrected chi connectivity index (χ4v) is 3.50. The minimum absolute atomic E-state index is 0.0325. The summed E-state index contributed by atoms with van der Waals surface area (Å²) < 4.78 is 61.5. The topological polar surface area (TPSA) is 26.3 Å². The Morgan fingerprint density at radius 1 is 1.04 bits per heavy atom. The second-order valence-corrected chi connectivity index (χ2v) is 8.55. The Labute approximate surface area is 179 Å². The van der Waals surface area contributed by atoms with Gasteiger partial charge in [0.15, 0.2) is 23.3 Å². The van der Waals surface area contributed by atoms with Gasteiger partial charge in [-0.25, -0.2) is 17.6 Å². The lowest BCUT2D eigenvalue weighted by atomic mass is 10.1. The van der Waals surface area contributed by atoms with E-state index in [1.165, 1.54) is 6.08 Å². The van der Waals surface area contributed by atoms with Crippen molar-refractivity contribution in [1.29, 1.82) is 0 Å². The van der Waals surface area contributed by atoms with Crippen LogP contribution in [0, 0.1) is 40.5 Å². The summed E-state index contributed by atoms with van der Waals surface area (Å²) in [7, 11) is 0. The first-order chi connectivity index (χ1) is 12.9. The first kappa shape index (κ1) is 23.3. The monoisotopic (exact) mass is 478 g/mol. The minimum atomic E-state index is -1.67. The molecule has 0 aromatic heterocycles. The van der Waals surface area contributed by atoms with Crippen molar-refractivity contribution in [2.45, 2.75) is 26.9 Å². The lowest BCUT2D eigenvalue weighted by Crippen LogP contribution is -2.15. The van der Waals surface area contributed by atoms with E-state index in [4.69, 9.17) is 51.1 Å². The van der Waals surface area contributed by atoms with Gasteiger partial charge in [0.1, 0.15) is 11.1 Å². The fraction of sp³-hybridized carbons (Fsp3) is 0.389. The number of carbonyl (C=O) groups is 1. The van der Waals surface area contributed by atoms with E-state index < -0.39 is 64.7 Å². The molecule has 1 aliphatic carbocycles. The fourth-order valence-electron chi connectivity index (χ4n) is 3.02. The maximum atomic E-state index is 14.2. The van der Waals surface area contributed by atoms with Crippen LogP contribution in [0.4, 0.5) is 17.6 Å². The second-order valence-electron chi connectivity index (χ2n) is 6.83. The molecule has 0 saturated heterocycles. The molecule has 2 rings (SSSR count). The molecule has 0 N–H and O–H groups in total. The lowest BCUT2D eigenvalue weighted by Gasteiger charge is -2.12. The van der Waals surface area contributed by atoms with Crippen LogP contribution in [0.3, 0.4) is 0 Å². The van der Waals surface area contributed by atoms with Crippen LogP contribution in [0.1, 0.15) is 25.0 Å². The molecule has 2 atom stereocenters. The van der Waals surface area contributed by atoms with Gasteiger partial charge in [0.2, 0.25) is 0 Å². The van der Waals surface area contributed by atoms with Gasteiger partial charge in [-0.15, -0.1) is 0 Å². The van der Waals surface area contributed by atoms with E-state index in [2.05, 4.69) is 0 Å². The summed E-state index contributed by atoms with van der Waals surface area (Å²) in [6.07, 6.45) is 0.818. The number of halogens is 8. The van der Waals surface area contributed by atoms with Crippen molar-refractivity contribution in [3.63, 3.8) is 0 Å². The van der Waals surface area contributed by atoms with E-state index >= 15 is 0 Å². The van der Waals surface area contributed by atoms with Gasteiger partial charge in [0.25, 0.3) is 0 Å². The van der Waals surface area contributed by atoms with Crippen molar-refractivity contribution in [2.24, 2.45) is 17.3 Å². The van der Waals surface area contributed by atoms with Gasteiger partial charge in [0, 0.05) is 22.6 Å². The van der Waals surface area contributed by atoms with E-state index in [1.54, 1.807) is 13.8 Å². The Kier molecular flexibility index (Phi) is 7.35. The van der Waals surface area contributed by atoms with Crippen molar-refractivity contribution in [3.8, 4) is 0 Å². The molecule has 10 heteroatoms. The van der Waals surface area contributed by atoms with Crippen LogP contribution in [-0.2, 0) is 22.6 Å². The first-order valence-corrected chi connectivity index (χ1v) is 9.48. The Morgan fingerprint density at radius 3 is 2.00 bits per heavy atom. The lowest BCUT2D eigenvalue weighted by molar-refractivity contribution is -0.147. The van der Waals surface area contributed by atoms with Gasteiger partial charge in [-0.1, -0.05) is 60.3 Å². The molecular weight excluding hydrogens is 466 g/mol. The summed E-state index contributed by atoms with van der Waals surface area (Å²) in [5.41, 5.74) is -1.67. The maximum Gasteiger partial charge on any atom is 0.310 e. The van der Waals surface area contributed by atoms with Gasteiger partial charge in [-0.2, -0.15) is 0 Å². The van der Waals surface area contributed by atoms with Crippen LogP contribution in [0.2, 0.25) is 0 Å². The molecule has 0 aliphatic heterocycles. The zero-order valence-corrected chi connectivity index (χ0v) is 17.6. The number of hydrogen-bond donors (Lipinski definition) is 0. The molecule has 0 unspecified atom stereocenters. The van der Waals surface area contributed by atoms with E-state index in [-0.39, 0.29) is 15.4 Å². The molecule has 0 amide bonds. The molecule has 0 bridgehead atoms. The van der Waals surface area contributed by atoms with E-state index in [0.717, 1.165) is 5.54 Å². The van der Waals surface area contributed by atoms with Crippen LogP contribution in [0.15, 0.2) is 21.1 Å². The van der Waals surface area contributed by atoms with Crippen molar-refractivity contribution in [2.75, 3.05) is 0 Å². The summed E-state index contributed by atoms with van der Waals surface area (Å²) in [6.45, 7) is 2.52. The van der Waals surface area contributed by atoms with E-state index in [9.17, 15) is 22.4 Å². The first-order valence-electron chi connectivity index (χ1n) is 7.91. The third-order valence-electron chi connectivity index (χ3n) is 4.74. The largest absolute Gasteiger partial charge is 0.460 e. The van der Waals surface area contributed by atoms with E-state index in [1.807, 2.05) is 0 Å². The summed E-state index contributed by atoms with van der Waals surface area (Å²) >= 11 is 22.0. The average molecular weight is 480 g/mol. The van der Waals surface area contributed by atoms with Crippen LogP contribution in [0.25, 0.3) is 0 Å². The molecule has 1 saturated carbocycles. The molecule has 1 fully saturated rings. The highest BCUT2D eigenvalue weighted by molar-refractivity contribution is 6.55. The van der Waals surface area contributed by atoms with E-state index in [0.29, 0.717) is 0 Å². The van der Waals surface area contributed by atoms with Crippen molar-refractivity contribution >= 4 is 52.4 Å². The van der Waals surface area contributed by atoms with Gasteiger partial charge in [0.05, 0.1) is 11.5 Å². The summed E-state index contributed by atoms with van der Waals surface area (Å²) in [5, 5.41) is -0.217. The molecule has 2 nitrogen and oxygen atoms in total.